The van der Waals surface area contributed by atoms with Gasteiger partial charge < -0.3 is 9.47 Å². The maximum absolute atomic E-state index is 5.98. The number of halogens is 1. The van der Waals surface area contributed by atoms with Crippen molar-refractivity contribution in [2.24, 2.45) is 0 Å². The molecule has 0 bridgehead atoms. The predicted molar refractivity (Wildman–Crippen MR) is 105 cm³/mol. The summed E-state index contributed by atoms with van der Waals surface area (Å²) in [7, 11) is 1.68. The van der Waals surface area contributed by atoms with Crippen LogP contribution < -0.4 is 9.47 Å². The first-order valence-corrected chi connectivity index (χ1v) is 9.60. The number of hydrogen-bond acceptors (Lipinski definition) is 4. The fourth-order valence-corrected chi connectivity index (χ4v) is 3.69. The Hall–Kier alpha value is -1.98. The van der Waals surface area contributed by atoms with E-state index in [1.54, 1.807) is 25.1 Å². The van der Waals surface area contributed by atoms with Gasteiger partial charge in [0.05, 0.1) is 18.2 Å². The monoisotopic (exact) mass is 415 g/mol. The van der Waals surface area contributed by atoms with Gasteiger partial charge in [0, 0.05) is 5.75 Å². The summed E-state index contributed by atoms with van der Waals surface area (Å²) in [5, 5.41) is 0. The molecule has 3 nitrogen and oxygen atoms in total. The summed E-state index contributed by atoms with van der Waals surface area (Å²) in [5.74, 6) is 2.51. The molecule has 0 saturated heterocycles. The number of rotatable bonds is 7. The van der Waals surface area contributed by atoms with Gasteiger partial charge in [0.25, 0.3) is 0 Å². The Balaban J connectivity index is 1.67. The minimum atomic E-state index is 0.528. The third-order valence-electron chi connectivity index (χ3n) is 3.59. The summed E-state index contributed by atoms with van der Waals surface area (Å²) in [6.07, 6.45) is 1.77. The molecule has 5 heteroatoms. The molecule has 1 aromatic heterocycles. The number of benzene rings is 2. The number of pyridine rings is 1. The van der Waals surface area contributed by atoms with Crippen molar-refractivity contribution in [1.82, 2.24) is 4.98 Å². The van der Waals surface area contributed by atoms with Crippen LogP contribution in [0.1, 0.15) is 11.1 Å². The maximum Gasteiger partial charge on any atom is 0.151 e. The van der Waals surface area contributed by atoms with Crippen LogP contribution in [0.25, 0.3) is 0 Å². The highest BCUT2D eigenvalue weighted by atomic mass is 79.9. The molecule has 0 aliphatic carbocycles. The number of thioether (sulfide) groups is 1. The van der Waals surface area contributed by atoms with E-state index in [-0.39, 0.29) is 0 Å². The molecule has 1 heterocycles. The van der Waals surface area contributed by atoms with Crippen molar-refractivity contribution in [3.8, 4) is 11.5 Å². The summed E-state index contributed by atoms with van der Waals surface area (Å²) in [4.78, 5) is 5.36. The average Bonchev–Trinajstić information content (AvgIpc) is 2.67. The highest BCUT2D eigenvalue weighted by Gasteiger charge is 2.08. The Kier molecular flexibility index (Phi) is 6.36. The summed E-state index contributed by atoms with van der Waals surface area (Å²) < 4.78 is 12.0. The fraction of sp³-hybridized carbons (Fsp3) is 0.150. The zero-order valence-corrected chi connectivity index (χ0v) is 16.2. The third-order valence-corrected chi connectivity index (χ3v) is 5.13. The first kappa shape index (κ1) is 17.8. The standard InChI is InChI=1S/C20H18BrNO2S/c1-23-17-9-7-16(8-10-17)14-25-19-11-20(21)22-12-18(19)24-13-15-5-3-2-4-6-15/h2-12H,13-14H2,1H3. The van der Waals surface area contributed by atoms with Crippen LogP contribution in [0.15, 0.2) is 76.4 Å². The third kappa shape index (κ3) is 5.25. The lowest BCUT2D eigenvalue weighted by molar-refractivity contribution is 0.297. The van der Waals surface area contributed by atoms with Gasteiger partial charge in [-0.25, -0.2) is 4.98 Å². The van der Waals surface area contributed by atoms with E-state index in [2.05, 4.69) is 45.2 Å². The second kappa shape index (κ2) is 8.92. The molecule has 128 valence electrons. The summed E-state index contributed by atoms with van der Waals surface area (Å²) in [6, 6.07) is 20.2. The largest absolute Gasteiger partial charge is 0.497 e. The molecule has 25 heavy (non-hydrogen) atoms. The van der Waals surface area contributed by atoms with Crippen molar-refractivity contribution in [3.05, 3.63) is 82.6 Å². The molecule has 0 spiro atoms. The van der Waals surface area contributed by atoms with Crippen molar-refractivity contribution in [3.63, 3.8) is 0 Å². The van der Waals surface area contributed by atoms with Gasteiger partial charge in [-0.2, -0.15) is 0 Å². The highest BCUT2D eigenvalue weighted by molar-refractivity contribution is 9.10. The van der Waals surface area contributed by atoms with Crippen LogP contribution >= 0.6 is 27.7 Å². The van der Waals surface area contributed by atoms with Crippen molar-refractivity contribution >= 4 is 27.7 Å². The normalized spacial score (nSPS) is 10.5. The van der Waals surface area contributed by atoms with Crippen molar-refractivity contribution in [1.29, 1.82) is 0 Å². The molecule has 0 N–H and O–H groups in total. The van der Waals surface area contributed by atoms with Crippen molar-refractivity contribution in [2.45, 2.75) is 17.3 Å². The molecule has 0 atom stereocenters. The molecule has 0 saturated carbocycles. The summed E-state index contributed by atoms with van der Waals surface area (Å²) in [5.41, 5.74) is 2.37. The molecular weight excluding hydrogens is 398 g/mol. The van der Waals surface area contributed by atoms with E-state index in [0.717, 1.165) is 32.3 Å². The van der Waals surface area contributed by atoms with Gasteiger partial charge >= 0.3 is 0 Å². The lowest BCUT2D eigenvalue weighted by Crippen LogP contribution is -1.97. The molecule has 0 aliphatic rings. The molecule has 2 aromatic carbocycles. The van der Waals surface area contributed by atoms with Crippen LogP contribution in [-0.2, 0) is 12.4 Å². The van der Waals surface area contributed by atoms with Gasteiger partial charge in [-0.1, -0.05) is 42.5 Å². The molecule has 3 rings (SSSR count). The molecule has 0 fully saturated rings. The lowest BCUT2D eigenvalue weighted by atomic mass is 10.2. The van der Waals surface area contributed by atoms with Crippen LogP contribution in [0.3, 0.4) is 0 Å². The predicted octanol–water partition coefficient (Wildman–Crippen LogP) is 5.72. The Bertz CT molecular complexity index is 810. The zero-order chi connectivity index (χ0) is 17.5. The Morgan fingerprint density at radius 2 is 1.76 bits per heavy atom. The van der Waals surface area contributed by atoms with E-state index in [1.807, 2.05) is 36.4 Å². The SMILES string of the molecule is COc1ccc(CSc2cc(Br)ncc2OCc2ccccc2)cc1. The van der Waals surface area contributed by atoms with E-state index in [9.17, 15) is 0 Å². The van der Waals surface area contributed by atoms with Crippen LogP contribution in [0.4, 0.5) is 0 Å². The highest BCUT2D eigenvalue weighted by Crippen LogP contribution is 2.33. The van der Waals surface area contributed by atoms with Gasteiger partial charge in [0.1, 0.15) is 17.0 Å². The van der Waals surface area contributed by atoms with Gasteiger partial charge in [-0.3, -0.25) is 0 Å². The molecule has 0 radical (unpaired) electrons. The Labute approximate surface area is 160 Å². The summed E-state index contributed by atoms with van der Waals surface area (Å²) in [6.45, 7) is 0.528. The topological polar surface area (TPSA) is 31.4 Å². The molecular formula is C20H18BrNO2S. The van der Waals surface area contributed by atoms with Crippen LogP contribution in [0.2, 0.25) is 0 Å². The number of aromatic nitrogens is 1. The zero-order valence-electron chi connectivity index (χ0n) is 13.8. The van der Waals surface area contributed by atoms with Gasteiger partial charge in [0.15, 0.2) is 5.75 Å². The van der Waals surface area contributed by atoms with Crippen LogP contribution in [0.5, 0.6) is 11.5 Å². The quantitative estimate of drug-likeness (QED) is 0.364. The summed E-state index contributed by atoms with van der Waals surface area (Å²) >= 11 is 5.17. The van der Waals surface area contributed by atoms with Gasteiger partial charge in [-0.05, 0) is 45.3 Å². The van der Waals surface area contributed by atoms with E-state index >= 15 is 0 Å². The lowest BCUT2D eigenvalue weighted by Gasteiger charge is -2.11. The number of nitrogens with zero attached hydrogens (tertiary/aromatic N) is 1. The number of methoxy groups -OCH3 is 1. The minimum Gasteiger partial charge on any atom is -0.497 e. The molecule has 0 amide bonds. The number of hydrogen-bond donors (Lipinski definition) is 0. The Morgan fingerprint density at radius 1 is 1.00 bits per heavy atom. The van der Waals surface area contributed by atoms with E-state index in [4.69, 9.17) is 9.47 Å². The fourth-order valence-electron chi connectivity index (χ4n) is 2.24. The smallest absolute Gasteiger partial charge is 0.151 e. The molecule has 3 aromatic rings. The van der Waals surface area contributed by atoms with Crippen molar-refractivity contribution in [2.75, 3.05) is 7.11 Å². The van der Waals surface area contributed by atoms with E-state index in [1.165, 1.54) is 5.56 Å². The van der Waals surface area contributed by atoms with Crippen LogP contribution in [-0.4, -0.2) is 12.1 Å². The number of ether oxygens (including phenoxy) is 2. The van der Waals surface area contributed by atoms with Crippen molar-refractivity contribution < 1.29 is 9.47 Å². The molecule has 0 unspecified atom stereocenters. The second-order valence-corrected chi connectivity index (χ2v) is 7.19. The maximum atomic E-state index is 5.98. The Morgan fingerprint density at radius 3 is 2.48 bits per heavy atom. The second-order valence-electron chi connectivity index (χ2n) is 5.36. The van der Waals surface area contributed by atoms with Crippen LogP contribution in [0, 0.1) is 0 Å². The minimum absolute atomic E-state index is 0.528. The van der Waals surface area contributed by atoms with E-state index in [0.29, 0.717) is 6.61 Å². The van der Waals surface area contributed by atoms with Gasteiger partial charge in [-0.15, -0.1) is 11.8 Å². The van der Waals surface area contributed by atoms with Gasteiger partial charge in [0.2, 0.25) is 0 Å². The average molecular weight is 416 g/mol. The van der Waals surface area contributed by atoms with E-state index < -0.39 is 0 Å². The molecule has 0 aliphatic heterocycles. The first-order valence-electron chi connectivity index (χ1n) is 7.82. The first-order chi connectivity index (χ1) is 12.2.